The summed E-state index contributed by atoms with van der Waals surface area (Å²) in [4.78, 5) is 36.2. The molecule has 0 fully saturated rings. The van der Waals surface area contributed by atoms with Gasteiger partial charge in [-0.2, -0.15) is 0 Å². The number of amides is 2. The van der Waals surface area contributed by atoms with Gasteiger partial charge in [0.05, 0.1) is 16.8 Å². The third-order valence-corrected chi connectivity index (χ3v) is 5.50. The number of nitrogens with one attached hydrogen (secondary N) is 2. The Morgan fingerprint density at radius 1 is 1.04 bits per heavy atom. The Morgan fingerprint density at radius 2 is 1.70 bits per heavy atom. The van der Waals surface area contributed by atoms with E-state index in [2.05, 4.69) is 10.6 Å². The van der Waals surface area contributed by atoms with Crippen LogP contribution >= 0.6 is 11.3 Å². The van der Waals surface area contributed by atoms with Gasteiger partial charge in [0.15, 0.2) is 0 Å². The minimum Gasteiger partial charge on any atom is -0.481 e. The average Bonchev–Trinajstić information content (AvgIpc) is 3.20. The summed E-state index contributed by atoms with van der Waals surface area (Å²) in [5.41, 5.74) is 0.579. The van der Waals surface area contributed by atoms with E-state index < -0.39 is 11.5 Å². The van der Waals surface area contributed by atoms with Gasteiger partial charge in [-0.1, -0.05) is 32.0 Å². The molecule has 0 bridgehead atoms. The molecule has 7 heteroatoms. The fourth-order valence-corrected chi connectivity index (χ4v) is 3.41. The molecule has 0 spiro atoms. The maximum Gasteiger partial charge on any atom is 0.305 e. The van der Waals surface area contributed by atoms with Crippen molar-refractivity contribution < 1.29 is 19.5 Å². The van der Waals surface area contributed by atoms with Crippen molar-refractivity contribution in [1.29, 1.82) is 0 Å². The standard InChI is InChI=1S/C20H24N2O4S/c1-3-20(4-2,12-17(23)24)22-18(25)15-9-7-14(8-10-15)13-21-19(26)16-6-5-11-27-16/h5-11H,3-4,12-13H2,1-2H3,(H,21,26)(H,22,25)(H,23,24). The molecule has 0 saturated carbocycles. The molecule has 144 valence electrons. The SMILES string of the molecule is CCC(CC)(CC(=O)O)NC(=O)c1ccc(CNC(=O)c2cccs2)cc1. The van der Waals surface area contributed by atoms with Crippen LogP contribution in [0.3, 0.4) is 0 Å². The molecule has 1 heterocycles. The fraction of sp³-hybridized carbons (Fsp3) is 0.350. The molecule has 2 rings (SSSR count). The molecule has 2 amide bonds. The van der Waals surface area contributed by atoms with Crippen molar-refractivity contribution in [1.82, 2.24) is 10.6 Å². The van der Waals surface area contributed by atoms with Crippen LogP contribution in [0.2, 0.25) is 0 Å². The van der Waals surface area contributed by atoms with Gasteiger partial charge in [0.1, 0.15) is 0 Å². The van der Waals surface area contributed by atoms with E-state index in [0.29, 0.717) is 29.8 Å². The number of aliphatic carboxylic acids is 1. The highest BCUT2D eigenvalue weighted by Gasteiger charge is 2.31. The molecule has 2 aromatic rings. The highest BCUT2D eigenvalue weighted by atomic mass is 32.1. The first kappa shape index (κ1) is 20.6. The molecule has 1 aromatic carbocycles. The summed E-state index contributed by atoms with van der Waals surface area (Å²) in [5.74, 6) is -1.36. The lowest BCUT2D eigenvalue weighted by Crippen LogP contribution is -2.49. The predicted octanol–water partition coefficient (Wildman–Crippen LogP) is 3.44. The van der Waals surface area contributed by atoms with Gasteiger partial charge in [-0.25, -0.2) is 0 Å². The third kappa shape index (κ3) is 5.65. The van der Waals surface area contributed by atoms with E-state index in [4.69, 9.17) is 5.11 Å². The van der Waals surface area contributed by atoms with Crippen molar-refractivity contribution in [2.75, 3.05) is 0 Å². The van der Waals surface area contributed by atoms with Crippen LogP contribution < -0.4 is 10.6 Å². The summed E-state index contributed by atoms with van der Waals surface area (Å²) in [6.45, 7) is 4.10. The Balaban J connectivity index is 1.98. The van der Waals surface area contributed by atoms with E-state index in [1.165, 1.54) is 11.3 Å². The number of carbonyl (C=O) groups is 3. The molecule has 0 aliphatic rings. The van der Waals surface area contributed by atoms with E-state index in [-0.39, 0.29) is 18.2 Å². The summed E-state index contributed by atoms with van der Waals surface area (Å²) >= 11 is 1.38. The first-order valence-electron chi connectivity index (χ1n) is 8.84. The second-order valence-corrected chi connectivity index (χ2v) is 7.32. The molecule has 0 saturated heterocycles. The summed E-state index contributed by atoms with van der Waals surface area (Å²) < 4.78 is 0. The second-order valence-electron chi connectivity index (χ2n) is 6.37. The van der Waals surface area contributed by atoms with Crippen LogP contribution in [-0.4, -0.2) is 28.4 Å². The van der Waals surface area contributed by atoms with Gasteiger partial charge in [0, 0.05) is 12.1 Å². The number of thiophene rings is 1. The van der Waals surface area contributed by atoms with Gasteiger partial charge in [-0.15, -0.1) is 11.3 Å². The Bertz CT molecular complexity index is 781. The number of carboxylic acids is 1. The number of rotatable bonds is 9. The lowest BCUT2D eigenvalue weighted by Gasteiger charge is -2.31. The topological polar surface area (TPSA) is 95.5 Å². The maximum absolute atomic E-state index is 12.5. The molecule has 0 atom stereocenters. The van der Waals surface area contributed by atoms with Crippen LogP contribution in [0.15, 0.2) is 41.8 Å². The molecule has 27 heavy (non-hydrogen) atoms. The fourth-order valence-electron chi connectivity index (χ4n) is 2.77. The Kier molecular flexibility index (Phi) is 7.12. The molecule has 1 aromatic heterocycles. The number of carboxylic acid groups (broad SMARTS) is 1. The van der Waals surface area contributed by atoms with Crippen LogP contribution in [0, 0.1) is 0 Å². The predicted molar refractivity (Wildman–Crippen MR) is 105 cm³/mol. The highest BCUT2D eigenvalue weighted by molar-refractivity contribution is 7.12. The first-order chi connectivity index (χ1) is 12.9. The number of benzene rings is 1. The van der Waals surface area contributed by atoms with E-state index in [9.17, 15) is 14.4 Å². The minimum absolute atomic E-state index is 0.113. The van der Waals surface area contributed by atoms with Crippen molar-refractivity contribution in [2.45, 2.75) is 45.2 Å². The zero-order valence-corrected chi connectivity index (χ0v) is 16.3. The van der Waals surface area contributed by atoms with Gasteiger partial charge in [-0.3, -0.25) is 14.4 Å². The van der Waals surface area contributed by atoms with Crippen molar-refractivity contribution in [3.8, 4) is 0 Å². The molecule has 0 radical (unpaired) electrons. The molecule has 6 nitrogen and oxygen atoms in total. The Hall–Kier alpha value is -2.67. The monoisotopic (exact) mass is 388 g/mol. The van der Waals surface area contributed by atoms with Crippen LogP contribution in [0.5, 0.6) is 0 Å². The second kappa shape index (κ2) is 9.32. The maximum atomic E-state index is 12.5. The third-order valence-electron chi connectivity index (χ3n) is 4.64. The number of hydrogen-bond acceptors (Lipinski definition) is 4. The van der Waals surface area contributed by atoms with Gasteiger partial charge in [0.25, 0.3) is 11.8 Å². The number of hydrogen-bond donors (Lipinski definition) is 3. The number of carbonyl (C=O) groups excluding carboxylic acids is 2. The van der Waals surface area contributed by atoms with Gasteiger partial charge >= 0.3 is 5.97 Å². The van der Waals surface area contributed by atoms with Crippen molar-refractivity contribution in [3.63, 3.8) is 0 Å². The zero-order valence-electron chi connectivity index (χ0n) is 15.5. The molecule has 0 aliphatic carbocycles. The van der Waals surface area contributed by atoms with Gasteiger partial charge < -0.3 is 15.7 Å². The largest absolute Gasteiger partial charge is 0.481 e. The van der Waals surface area contributed by atoms with E-state index in [1.54, 1.807) is 30.3 Å². The van der Waals surface area contributed by atoms with Crippen molar-refractivity contribution >= 4 is 29.1 Å². The summed E-state index contributed by atoms with van der Waals surface area (Å²) in [7, 11) is 0. The van der Waals surface area contributed by atoms with Crippen molar-refractivity contribution in [2.24, 2.45) is 0 Å². The van der Waals surface area contributed by atoms with E-state index in [1.807, 2.05) is 25.3 Å². The normalized spacial score (nSPS) is 11.0. The lowest BCUT2D eigenvalue weighted by atomic mass is 9.88. The van der Waals surface area contributed by atoms with Crippen molar-refractivity contribution in [3.05, 3.63) is 57.8 Å². The van der Waals surface area contributed by atoms with E-state index >= 15 is 0 Å². The quantitative estimate of drug-likeness (QED) is 0.613. The Morgan fingerprint density at radius 3 is 2.22 bits per heavy atom. The van der Waals surface area contributed by atoms with Gasteiger partial charge in [-0.05, 0) is 42.0 Å². The zero-order chi connectivity index (χ0) is 19.9. The average molecular weight is 388 g/mol. The molecule has 0 unspecified atom stereocenters. The van der Waals surface area contributed by atoms with E-state index in [0.717, 1.165) is 5.56 Å². The minimum atomic E-state index is -0.934. The first-order valence-corrected chi connectivity index (χ1v) is 9.72. The summed E-state index contributed by atoms with van der Waals surface area (Å²) in [6, 6.07) is 10.5. The summed E-state index contributed by atoms with van der Waals surface area (Å²) in [6.07, 6.45) is 0.960. The summed E-state index contributed by atoms with van der Waals surface area (Å²) in [5, 5.41) is 16.7. The highest BCUT2D eigenvalue weighted by Crippen LogP contribution is 2.21. The molecule has 0 aliphatic heterocycles. The van der Waals surface area contributed by atoms with Crippen LogP contribution in [-0.2, 0) is 11.3 Å². The molecule has 3 N–H and O–H groups in total. The van der Waals surface area contributed by atoms with Gasteiger partial charge in [0.2, 0.25) is 0 Å². The molecular weight excluding hydrogens is 364 g/mol. The Labute approximate surface area is 162 Å². The van der Waals surface area contributed by atoms with Crippen LogP contribution in [0.25, 0.3) is 0 Å². The lowest BCUT2D eigenvalue weighted by molar-refractivity contribution is -0.138. The van der Waals surface area contributed by atoms with Crippen LogP contribution in [0.1, 0.15) is 58.7 Å². The van der Waals surface area contributed by atoms with Crippen LogP contribution in [0.4, 0.5) is 0 Å². The molecular formula is C20H24N2O4S. The smallest absolute Gasteiger partial charge is 0.305 e.